The van der Waals surface area contributed by atoms with E-state index in [1.54, 1.807) is 0 Å². The summed E-state index contributed by atoms with van der Waals surface area (Å²) >= 11 is 0. The molecule has 4 N–H and O–H groups in total. The summed E-state index contributed by atoms with van der Waals surface area (Å²) < 4.78 is 104. The molecule has 6 nitrogen and oxygen atoms in total. The first-order valence-electron chi connectivity index (χ1n) is 8.08. The second kappa shape index (κ2) is 8.14. The minimum absolute atomic E-state index is 0.121. The third-order valence-electron chi connectivity index (χ3n) is 3.96. The Labute approximate surface area is 167 Å². The molecule has 0 saturated carbocycles. The Kier molecular flexibility index (Phi) is 6.37. The summed E-state index contributed by atoms with van der Waals surface area (Å²) in [5.41, 5.74) is 4.47. The van der Waals surface area contributed by atoms with Crippen molar-refractivity contribution in [2.24, 2.45) is 0 Å². The van der Waals surface area contributed by atoms with E-state index < -0.39 is 61.9 Å². The van der Waals surface area contributed by atoms with Crippen molar-refractivity contribution in [3.05, 3.63) is 52.8 Å². The lowest BCUT2D eigenvalue weighted by Crippen LogP contribution is -2.43. The van der Waals surface area contributed by atoms with Gasteiger partial charge in [-0.1, -0.05) is 0 Å². The highest BCUT2D eigenvalue weighted by Gasteiger charge is 2.39. The van der Waals surface area contributed by atoms with Gasteiger partial charge in [0.05, 0.1) is 5.69 Å². The van der Waals surface area contributed by atoms with Crippen LogP contribution in [0.2, 0.25) is 0 Å². The Morgan fingerprint density at radius 2 is 1.60 bits per heavy atom. The Morgan fingerprint density at radius 3 is 2.10 bits per heavy atom. The van der Waals surface area contributed by atoms with Crippen LogP contribution in [0.3, 0.4) is 0 Å². The fourth-order valence-corrected chi connectivity index (χ4v) is 3.75. The molecule has 0 unspecified atom stereocenters. The van der Waals surface area contributed by atoms with Gasteiger partial charge in [0.1, 0.15) is 10.9 Å². The van der Waals surface area contributed by atoms with Gasteiger partial charge in [-0.15, -0.1) is 0 Å². The molecule has 0 heterocycles. The van der Waals surface area contributed by atoms with Crippen LogP contribution in [0.25, 0.3) is 0 Å². The minimum Gasteiger partial charge on any atom is -0.398 e. The summed E-state index contributed by atoms with van der Waals surface area (Å²) in [4.78, 5) is 11.6. The van der Waals surface area contributed by atoms with E-state index in [-0.39, 0.29) is 11.1 Å². The standard InChI is InChI=1S/C17H15F6N3O3S/c1-7-3-13(24)14(30(28,29)26-8(2)17(21,22)23)6-10(7)16(27)25-9-4-11(18)15(20)12(19)5-9/h3-6,8,26H,24H2,1-2H3,(H,25,27)/t8-/m1/s1. The number of carbonyl (C=O) groups is 1. The molecular weight excluding hydrogens is 440 g/mol. The van der Waals surface area contributed by atoms with Crippen LogP contribution >= 0.6 is 0 Å². The van der Waals surface area contributed by atoms with Gasteiger partial charge in [0.15, 0.2) is 17.5 Å². The summed E-state index contributed by atoms with van der Waals surface area (Å²) in [6.45, 7) is 1.92. The number of rotatable bonds is 5. The van der Waals surface area contributed by atoms with Crippen molar-refractivity contribution in [1.29, 1.82) is 0 Å². The number of nitrogens with two attached hydrogens (primary N) is 1. The number of nitrogens with one attached hydrogen (secondary N) is 2. The van der Waals surface area contributed by atoms with Crippen molar-refractivity contribution in [2.45, 2.75) is 31.0 Å². The predicted octanol–water partition coefficient (Wildman–Crippen LogP) is 3.48. The largest absolute Gasteiger partial charge is 0.404 e. The number of halogens is 6. The summed E-state index contributed by atoms with van der Waals surface area (Å²) in [6, 6.07) is 0.306. The third kappa shape index (κ3) is 5.02. The van der Waals surface area contributed by atoms with Gasteiger partial charge in [-0.25, -0.2) is 21.6 Å². The molecule has 2 aromatic carbocycles. The number of alkyl halides is 3. The monoisotopic (exact) mass is 455 g/mol. The van der Waals surface area contributed by atoms with Gasteiger partial charge in [-0.3, -0.25) is 4.79 Å². The van der Waals surface area contributed by atoms with Crippen LogP contribution in [0.5, 0.6) is 0 Å². The minimum atomic E-state index is -4.87. The molecular formula is C17H15F6N3O3S. The maximum Gasteiger partial charge on any atom is 0.404 e. The van der Waals surface area contributed by atoms with Crippen molar-refractivity contribution in [3.8, 4) is 0 Å². The number of hydrogen-bond donors (Lipinski definition) is 3. The quantitative estimate of drug-likeness (QED) is 0.365. The van der Waals surface area contributed by atoms with Gasteiger partial charge in [0.25, 0.3) is 5.91 Å². The fourth-order valence-electron chi connectivity index (χ4n) is 2.38. The topological polar surface area (TPSA) is 101 Å². The van der Waals surface area contributed by atoms with Gasteiger partial charge >= 0.3 is 6.18 Å². The van der Waals surface area contributed by atoms with Gasteiger partial charge in [-0.2, -0.15) is 17.9 Å². The van der Waals surface area contributed by atoms with E-state index in [9.17, 15) is 39.6 Å². The van der Waals surface area contributed by atoms with E-state index in [1.807, 2.05) is 5.32 Å². The van der Waals surface area contributed by atoms with Crippen molar-refractivity contribution in [3.63, 3.8) is 0 Å². The van der Waals surface area contributed by atoms with Crippen LogP contribution in [-0.2, 0) is 10.0 Å². The smallest absolute Gasteiger partial charge is 0.398 e. The average molecular weight is 455 g/mol. The van der Waals surface area contributed by atoms with E-state index >= 15 is 0 Å². The van der Waals surface area contributed by atoms with Crippen molar-refractivity contribution < 1.29 is 39.6 Å². The van der Waals surface area contributed by atoms with Crippen LogP contribution in [-0.4, -0.2) is 26.5 Å². The summed E-state index contributed by atoms with van der Waals surface area (Å²) in [7, 11) is -4.78. The van der Waals surface area contributed by atoms with E-state index in [2.05, 4.69) is 0 Å². The molecule has 1 atom stereocenters. The first kappa shape index (κ1) is 23.5. The molecule has 0 aliphatic heterocycles. The molecule has 1 amide bonds. The first-order chi connectivity index (χ1) is 13.6. The van der Waals surface area contributed by atoms with Crippen LogP contribution in [0.1, 0.15) is 22.8 Å². The Hall–Kier alpha value is -2.80. The highest BCUT2D eigenvalue weighted by Crippen LogP contribution is 2.27. The van der Waals surface area contributed by atoms with Crippen LogP contribution in [0.4, 0.5) is 37.7 Å². The number of aryl methyl sites for hydroxylation is 1. The van der Waals surface area contributed by atoms with Crippen molar-refractivity contribution in [1.82, 2.24) is 4.72 Å². The average Bonchev–Trinajstić information content (AvgIpc) is 2.57. The molecule has 0 aliphatic carbocycles. The molecule has 0 fully saturated rings. The fraction of sp³-hybridized carbons (Fsp3) is 0.235. The lowest BCUT2D eigenvalue weighted by molar-refractivity contribution is -0.147. The van der Waals surface area contributed by atoms with Crippen LogP contribution in [0, 0.1) is 24.4 Å². The molecule has 0 radical (unpaired) electrons. The van der Waals surface area contributed by atoms with Gasteiger partial charge in [0.2, 0.25) is 10.0 Å². The maximum absolute atomic E-state index is 13.3. The second-order valence-electron chi connectivity index (χ2n) is 6.30. The number of carbonyl (C=O) groups excluding carboxylic acids is 1. The highest BCUT2D eigenvalue weighted by molar-refractivity contribution is 7.89. The summed E-state index contributed by atoms with van der Waals surface area (Å²) in [5.74, 6) is -5.96. The van der Waals surface area contributed by atoms with E-state index in [1.165, 1.54) is 11.6 Å². The number of sulfonamides is 1. The lowest BCUT2D eigenvalue weighted by Gasteiger charge is -2.19. The molecule has 0 spiro atoms. The van der Waals surface area contributed by atoms with Crippen LogP contribution in [0.15, 0.2) is 29.2 Å². The normalized spacial score (nSPS) is 13.2. The number of benzene rings is 2. The highest BCUT2D eigenvalue weighted by atomic mass is 32.2. The van der Waals surface area contributed by atoms with Crippen molar-refractivity contribution in [2.75, 3.05) is 11.1 Å². The number of anilines is 2. The summed E-state index contributed by atoms with van der Waals surface area (Å²) in [6.07, 6.45) is -4.87. The Balaban J connectivity index is 2.42. The Morgan fingerprint density at radius 1 is 1.07 bits per heavy atom. The molecule has 0 aliphatic rings. The second-order valence-corrected chi connectivity index (χ2v) is 7.98. The number of nitrogen functional groups attached to an aromatic ring is 1. The van der Waals surface area contributed by atoms with Gasteiger partial charge in [-0.05, 0) is 31.5 Å². The molecule has 13 heteroatoms. The van der Waals surface area contributed by atoms with E-state index in [0.717, 1.165) is 12.1 Å². The molecule has 164 valence electrons. The lowest BCUT2D eigenvalue weighted by atomic mass is 10.1. The maximum atomic E-state index is 13.3. The van der Waals surface area contributed by atoms with Gasteiger partial charge < -0.3 is 11.1 Å². The molecule has 2 aromatic rings. The van der Waals surface area contributed by atoms with E-state index in [0.29, 0.717) is 19.1 Å². The SMILES string of the molecule is Cc1cc(N)c(S(=O)(=O)N[C@H](C)C(F)(F)F)cc1C(=O)Nc1cc(F)c(F)c(F)c1. The number of hydrogen-bond acceptors (Lipinski definition) is 4. The molecule has 2 rings (SSSR count). The summed E-state index contributed by atoms with van der Waals surface area (Å²) in [5, 5.41) is 2.05. The Bertz CT molecular complexity index is 1080. The third-order valence-corrected chi connectivity index (χ3v) is 5.55. The predicted molar refractivity (Wildman–Crippen MR) is 95.7 cm³/mol. The molecule has 0 aromatic heterocycles. The van der Waals surface area contributed by atoms with E-state index in [4.69, 9.17) is 5.73 Å². The van der Waals surface area contributed by atoms with Crippen molar-refractivity contribution >= 4 is 27.3 Å². The first-order valence-corrected chi connectivity index (χ1v) is 9.57. The zero-order valence-corrected chi connectivity index (χ0v) is 16.2. The molecule has 0 saturated heterocycles. The zero-order chi connectivity index (χ0) is 23.0. The molecule has 0 bridgehead atoms. The zero-order valence-electron chi connectivity index (χ0n) is 15.4. The van der Waals surface area contributed by atoms with Crippen LogP contribution < -0.4 is 15.8 Å². The van der Waals surface area contributed by atoms with Gasteiger partial charge in [0, 0.05) is 23.4 Å². The number of amides is 1. The molecule has 30 heavy (non-hydrogen) atoms.